The Morgan fingerprint density at radius 2 is 2.05 bits per heavy atom. The molecule has 2 aromatic heterocycles. The number of nitrogen functional groups attached to an aromatic ring is 1. The monoisotopic (exact) mass is 273 g/mol. The van der Waals surface area contributed by atoms with Crippen LogP contribution in [0.1, 0.15) is 31.2 Å². The molecule has 0 radical (unpaired) electrons. The zero-order chi connectivity index (χ0) is 13.6. The number of hydrogen-bond acceptors (Lipinski definition) is 5. The molecular formula is C13H15N5S. The summed E-state index contributed by atoms with van der Waals surface area (Å²) in [5.74, 6) is 1.17. The first-order valence-corrected chi connectivity index (χ1v) is 6.96. The second kappa shape index (κ2) is 4.31. The maximum Gasteiger partial charge on any atom is 0.234 e. The fourth-order valence-corrected chi connectivity index (χ4v) is 2.84. The quantitative estimate of drug-likeness (QED) is 0.729. The minimum atomic E-state index is 0.291. The molecule has 5 nitrogen and oxygen atoms in total. The van der Waals surface area contributed by atoms with E-state index in [0.717, 1.165) is 27.0 Å². The number of rotatable bonds is 2. The third-order valence-corrected chi connectivity index (χ3v) is 3.90. The second-order valence-electron chi connectivity index (χ2n) is 4.91. The lowest BCUT2D eigenvalue weighted by Crippen LogP contribution is -1.98. The van der Waals surface area contributed by atoms with Crippen molar-refractivity contribution in [3.05, 3.63) is 29.6 Å². The molecule has 0 amide bonds. The number of aromatic nitrogens is 4. The van der Waals surface area contributed by atoms with Gasteiger partial charge in [-0.05, 0) is 19.1 Å². The molecule has 6 heteroatoms. The van der Waals surface area contributed by atoms with E-state index >= 15 is 0 Å². The van der Waals surface area contributed by atoms with Crippen LogP contribution in [0.2, 0.25) is 0 Å². The highest BCUT2D eigenvalue weighted by Crippen LogP contribution is 2.31. The summed E-state index contributed by atoms with van der Waals surface area (Å²) in [6, 6.07) is 5.96. The zero-order valence-corrected chi connectivity index (χ0v) is 11.9. The fraction of sp³-hybridized carbons (Fsp3) is 0.308. The van der Waals surface area contributed by atoms with Crippen LogP contribution in [0.15, 0.2) is 18.2 Å². The number of nitrogens with zero attached hydrogens (tertiary/aromatic N) is 4. The normalized spacial score (nSPS) is 11.6. The summed E-state index contributed by atoms with van der Waals surface area (Å²) in [5.41, 5.74) is 8.90. The summed E-state index contributed by atoms with van der Waals surface area (Å²) in [4.78, 5) is 0.805. The predicted octanol–water partition coefficient (Wildman–Crippen LogP) is 2.87. The molecule has 3 aromatic rings. The zero-order valence-electron chi connectivity index (χ0n) is 11.1. The molecule has 2 heterocycles. The lowest BCUT2D eigenvalue weighted by Gasteiger charge is -2.03. The van der Waals surface area contributed by atoms with Crippen molar-refractivity contribution >= 4 is 22.0 Å². The van der Waals surface area contributed by atoms with Gasteiger partial charge in [0, 0.05) is 17.2 Å². The van der Waals surface area contributed by atoms with Gasteiger partial charge in [-0.1, -0.05) is 36.8 Å². The molecule has 0 spiro atoms. The van der Waals surface area contributed by atoms with Crippen LogP contribution in [0.4, 0.5) is 5.69 Å². The SMILES string of the molecule is Cc1ccc(N)c(-c2nn3c(C(C)C)nnc3s2)c1. The van der Waals surface area contributed by atoms with E-state index in [4.69, 9.17) is 5.73 Å². The smallest absolute Gasteiger partial charge is 0.234 e. The Kier molecular flexibility index (Phi) is 2.74. The third kappa shape index (κ3) is 1.98. The first-order chi connectivity index (χ1) is 9.06. The maximum absolute atomic E-state index is 6.03. The number of hydrogen-bond donors (Lipinski definition) is 1. The molecule has 2 N–H and O–H groups in total. The Balaban J connectivity index is 2.18. The highest BCUT2D eigenvalue weighted by molar-refractivity contribution is 7.19. The highest BCUT2D eigenvalue weighted by atomic mass is 32.1. The van der Waals surface area contributed by atoms with Gasteiger partial charge in [0.15, 0.2) is 5.82 Å². The summed E-state index contributed by atoms with van der Waals surface area (Å²) in [5, 5.41) is 13.8. The largest absolute Gasteiger partial charge is 0.398 e. The van der Waals surface area contributed by atoms with Crippen molar-refractivity contribution < 1.29 is 0 Å². The molecule has 0 atom stereocenters. The van der Waals surface area contributed by atoms with Crippen molar-refractivity contribution in [1.82, 2.24) is 19.8 Å². The van der Waals surface area contributed by atoms with Gasteiger partial charge >= 0.3 is 0 Å². The molecule has 0 aliphatic rings. The molecule has 1 aromatic carbocycles. The maximum atomic E-state index is 6.03. The number of fused-ring (bicyclic) bond motifs is 1. The molecule has 0 aliphatic carbocycles. The van der Waals surface area contributed by atoms with E-state index in [2.05, 4.69) is 35.2 Å². The molecule has 0 aliphatic heterocycles. The van der Waals surface area contributed by atoms with Crippen molar-refractivity contribution in [1.29, 1.82) is 0 Å². The fourth-order valence-electron chi connectivity index (χ4n) is 1.96. The summed E-state index contributed by atoms with van der Waals surface area (Å²) in [6.45, 7) is 6.20. The minimum absolute atomic E-state index is 0.291. The molecule has 98 valence electrons. The predicted molar refractivity (Wildman–Crippen MR) is 77.3 cm³/mol. The van der Waals surface area contributed by atoms with Gasteiger partial charge in [-0.3, -0.25) is 0 Å². The molecule has 0 fully saturated rings. The first kappa shape index (κ1) is 12.1. The average molecular weight is 273 g/mol. The van der Waals surface area contributed by atoms with Gasteiger partial charge in [-0.25, -0.2) is 0 Å². The Bertz CT molecular complexity index is 741. The molecule has 0 saturated heterocycles. The Morgan fingerprint density at radius 3 is 2.79 bits per heavy atom. The Morgan fingerprint density at radius 1 is 1.26 bits per heavy atom. The second-order valence-corrected chi connectivity index (χ2v) is 5.86. The number of benzene rings is 1. The van der Waals surface area contributed by atoms with Crippen LogP contribution in [-0.2, 0) is 0 Å². The van der Waals surface area contributed by atoms with Crippen LogP contribution in [-0.4, -0.2) is 19.8 Å². The lowest BCUT2D eigenvalue weighted by molar-refractivity contribution is 0.727. The van der Waals surface area contributed by atoms with E-state index in [0.29, 0.717) is 5.92 Å². The van der Waals surface area contributed by atoms with Gasteiger partial charge in [-0.15, -0.1) is 10.2 Å². The molecule has 19 heavy (non-hydrogen) atoms. The van der Waals surface area contributed by atoms with Crippen molar-refractivity contribution in [2.45, 2.75) is 26.7 Å². The summed E-state index contributed by atoms with van der Waals surface area (Å²) in [7, 11) is 0. The summed E-state index contributed by atoms with van der Waals surface area (Å²) < 4.78 is 1.81. The van der Waals surface area contributed by atoms with E-state index in [1.807, 2.05) is 23.6 Å². The van der Waals surface area contributed by atoms with Crippen molar-refractivity contribution in [2.75, 3.05) is 5.73 Å². The van der Waals surface area contributed by atoms with Crippen LogP contribution < -0.4 is 5.73 Å². The van der Waals surface area contributed by atoms with Gasteiger partial charge in [-0.2, -0.15) is 9.61 Å². The van der Waals surface area contributed by atoms with Gasteiger partial charge in [0.1, 0.15) is 5.01 Å². The summed E-state index contributed by atoms with van der Waals surface area (Å²) in [6.07, 6.45) is 0. The standard InChI is InChI=1S/C13H15N5S/c1-7(2)11-15-16-13-18(11)17-12(19-13)9-6-8(3)4-5-10(9)14/h4-7H,14H2,1-3H3. The van der Waals surface area contributed by atoms with Crippen LogP contribution in [0.3, 0.4) is 0 Å². The number of nitrogens with two attached hydrogens (primary N) is 1. The Labute approximate surface area is 115 Å². The highest BCUT2D eigenvalue weighted by Gasteiger charge is 2.16. The van der Waals surface area contributed by atoms with Gasteiger partial charge in [0.25, 0.3) is 0 Å². The van der Waals surface area contributed by atoms with Crippen molar-refractivity contribution in [3.63, 3.8) is 0 Å². The van der Waals surface area contributed by atoms with E-state index in [1.165, 1.54) is 16.9 Å². The van der Waals surface area contributed by atoms with Gasteiger partial charge < -0.3 is 5.73 Å². The van der Waals surface area contributed by atoms with E-state index in [9.17, 15) is 0 Å². The van der Waals surface area contributed by atoms with E-state index in [1.54, 1.807) is 0 Å². The number of anilines is 1. The molecule has 3 rings (SSSR count). The van der Waals surface area contributed by atoms with Crippen LogP contribution in [0.5, 0.6) is 0 Å². The van der Waals surface area contributed by atoms with Crippen molar-refractivity contribution in [3.8, 4) is 10.6 Å². The summed E-state index contributed by atoms with van der Waals surface area (Å²) >= 11 is 1.51. The van der Waals surface area contributed by atoms with Crippen LogP contribution in [0, 0.1) is 6.92 Å². The Hall–Kier alpha value is -1.95. The first-order valence-electron chi connectivity index (χ1n) is 6.15. The topological polar surface area (TPSA) is 69.1 Å². The third-order valence-electron chi connectivity index (χ3n) is 2.97. The average Bonchev–Trinajstić information content (AvgIpc) is 2.91. The molecule has 0 saturated carbocycles. The minimum Gasteiger partial charge on any atom is -0.398 e. The van der Waals surface area contributed by atoms with Gasteiger partial charge in [0.2, 0.25) is 4.96 Å². The lowest BCUT2D eigenvalue weighted by atomic mass is 10.1. The van der Waals surface area contributed by atoms with Crippen LogP contribution >= 0.6 is 11.3 Å². The molecule has 0 unspecified atom stereocenters. The number of aryl methyl sites for hydroxylation is 1. The van der Waals surface area contributed by atoms with E-state index in [-0.39, 0.29) is 0 Å². The molecular weight excluding hydrogens is 258 g/mol. The van der Waals surface area contributed by atoms with E-state index < -0.39 is 0 Å². The van der Waals surface area contributed by atoms with Gasteiger partial charge in [0.05, 0.1) is 0 Å². The van der Waals surface area contributed by atoms with Crippen molar-refractivity contribution in [2.24, 2.45) is 0 Å². The van der Waals surface area contributed by atoms with Crippen LogP contribution in [0.25, 0.3) is 15.5 Å². The molecule has 0 bridgehead atoms.